The largest absolute Gasteiger partial charge is 0.303 e. The molecule has 3 aromatic rings. The first kappa shape index (κ1) is 18.9. The Morgan fingerprint density at radius 1 is 0.964 bits per heavy atom. The van der Waals surface area contributed by atoms with Gasteiger partial charge in [0.1, 0.15) is 11.6 Å². The molecular weight excluding hydrogens is 344 g/mol. The number of hydrogen-bond donors (Lipinski definition) is 0. The fourth-order valence-corrected chi connectivity index (χ4v) is 4.47. The Balaban J connectivity index is 1.46. The number of hydrogen-bond acceptors (Lipinski definition) is 3. The maximum atomic E-state index is 4.60. The van der Waals surface area contributed by atoms with Crippen LogP contribution in [-0.4, -0.2) is 39.3 Å². The van der Waals surface area contributed by atoms with E-state index in [-0.39, 0.29) is 0 Å². The summed E-state index contributed by atoms with van der Waals surface area (Å²) in [6, 6.07) is 21.9. The van der Waals surface area contributed by atoms with Crippen molar-refractivity contribution < 1.29 is 0 Å². The van der Waals surface area contributed by atoms with Crippen molar-refractivity contribution in [2.45, 2.75) is 51.0 Å². The standard InChI is InChI=1S/C24H30N4/c1-19-25-26-24(28(19)22-13-7-4-8-14-22)21-12-9-15-23(18-21)27(2)17-16-20-10-5-3-6-11-20/h3-8,10-11,13-14,21,23H,9,12,15-18H2,1-2H3/t21-,23+/m1/s1. The molecule has 1 aliphatic rings. The van der Waals surface area contributed by atoms with Crippen LogP contribution in [0.4, 0.5) is 0 Å². The zero-order chi connectivity index (χ0) is 19.3. The zero-order valence-electron chi connectivity index (χ0n) is 17.0. The highest BCUT2D eigenvalue weighted by Crippen LogP contribution is 2.35. The van der Waals surface area contributed by atoms with E-state index in [2.05, 4.69) is 94.3 Å². The predicted octanol–water partition coefficient (Wildman–Crippen LogP) is 4.78. The van der Waals surface area contributed by atoms with Crippen molar-refractivity contribution in [3.05, 3.63) is 77.9 Å². The molecule has 0 spiro atoms. The minimum atomic E-state index is 0.472. The molecule has 4 rings (SSSR count). The van der Waals surface area contributed by atoms with Crippen LogP contribution in [0.5, 0.6) is 0 Å². The SMILES string of the molecule is Cc1nnc([C@@H]2CCC[C@H](N(C)CCc3ccccc3)C2)n1-c1ccccc1. The van der Waals surface area contributed by atoms with Crippen molar-refractivity contribution in [1.29, 1.82) is 0 Å². The average molecular weight is 375 g/mol. The van der Waals surface area contributed by atoms with Gasteiger partial charge in [-0.2, -0.15) is 0 Å². The molecule has 2 atom stereocenters. The summed E-state index contributed by atoms with van der Waals surface area (Å²) >= 11 is 0. The Hall–Kier alpha value is -2.46. The lowest BCUT2D eigenvalue weighted by Gasteiger charge is -2.35. The second kappa shape index (κ2) is 8.70. The molecule has 4 nitrogen and oxygen atoms in total. The Bertz CT molecular complexity index is 872. The van der Waals surface area contributed by atoms with Crippen LogP contribution in [0.3, 0.4) is 0 Å². The van der Waals surface area contributed by atoms with E-state index in [1.54, 1.807) is 0 Å². The Morgan fingerprint density at radius 3 is 2.43 bits per heavy atom. The van der Waals surface area contributed by atoms with Crippen LogP contribution in [0.1, 0.15) is 48.8 Å². The molecule has 0 saturated heterocycles. The van der Waals surface area contributed by atoms with Gasteiger partial charge < -0.3 is 4.90 Å². The van der Waals surface area contributed by atoms with Crippen LogP contribution in [0.15, 0.2) is 60.7 Å². The lowest BCUT2D eigenvalue weighted by molar-refractivity contribution is 0.178. The lowest BCUT2D eigenvalue weighted by Crippen LogP contribution is -2.37. The minimum Gasteiger partial charge on any atom is -0.303 e. The molecule has 28 heavy (non-hydrogen) atoms. The molecule has 0 radical (unpaired) electrons. The molecular formula is C24H30N4. The van der Waals surface area contributed by atoms with E-state index in [1.807, 2.05) is 0 Å². The van der Waals surface area contributed by atoms with Crippen molar-refractivity contribution in [2.75, 3.05) is 13.6 Å². The van der Waals surface area contributed by atoms with Gasteiger partial charge in [0.2, 0.25) is 0 Å². The third-order valence-electron chi connectivity index (χ3n) is 6.10. The van der Waals surface area contributed by atoms with E-state index in [1.165, 1.54) is 30.5 Å². The van der Waals surface area contributed by atoms with Crippen LogP contribution < -0.4 is 0 Å². The van der Waals surface area contributed by atoms with Crippen molar-refractivity contribution in [1.82, 2.24) is 19.7 Å². The molecule has 0 amide bonds. The van der Waals surface area contributed by atoms with Crippen molar-refractivity contribution >= 4 is 0 Å². The van der Waals surface area contributed by atoms with E-state index in [0.717, 1.165) is 31.0 Å². The molecule has 0 unspecified atom stereocenters. The molecule has 1 saturated carbocycles. The monoisotopic (exact) mass is 374 g/mol. The maximum Gasteiger partial charge on any atom is 0.140 e. The smallest absolute Gasteiger partial charge is 0.140 e. The van der Waals surface area contributed by atoms with Crippen LogP contribution in [0, 0.1) is 6.92 Å². The topological polar surface area (TPSA) is 34.0 Å². The summed E-state index contributed by atoms with van der Waals surface area (Å²) in [6.45, 7) is 3.15. The zero-order valence-corrected chi connectivity index (χ0v) is 17.0. The van der Waals surface area contributed by atoms with Crippen LogP contribution in [0.25, 0.3) is 5.69 Å². The van der Waals surface area contributed by atoms with Gasteiger partial charge in [0.15, 0.2) is 0 Å². The maximum absolute atomic E-state index is 4.60. The van der Waals surface area contributed by atoms with Crippen molar-refractivity contribution in [3.8, 4) is 5.69 Å². The number of para-hydroxylation sites is 1. The van der Waals surface area contributed by atoms with Crippen LogP contribution in [-0.2, 0) is 6.42 Å². The van der Waals surface area contributed by atoms with Gasteiger partial charge in [-0.3, -0.25) is 4.57 Å². The number of rotatable bonds is 6. The van der Waals surface area contributed by atoms with E-state index >= 15 is 0 Å². The Kier molecular flexibility index (Phi) is 5.87. The van der Waals surface area contributed by atoms with Gasteiger partial charge in [0.05, 0.1) is 0 Å². The second-order valence-corrected chi connectivity index (χ2v) is 8.01. The van der Waals surface area contributed by atoms with Gasteiger partial charge in [-0.1, -0.05) is 55.0 Å². The van der Waals surface area contributed by atoms with Gasteiger partial charge in [0, 0.05) is 24.2 Å². The first-order valence-corrected chi connectivity index (χ1v) is 10.4. The fraction of sp³-hybridized carbons (Fsp3) is 0.417. The highest BCUT2D eigenvalue weighted by Gasteiger charge is 2.29. The summed E-state index contributed by atoms with van der Waals surface area (Å²) in [4.78, 5) is 2.55. The van der Waals surface area contributed by atoms with Gasteiger partial charge >= 0.3 is 0 Å². The van der Waals surface area contributed by atoms with E-state index in [4.69, 9.17) is 0 Å². The third-order valence-corrected chi connectivity index (χ3v) is 6.10. The Morgan fingerprint density at radius 2 is 1.68 bits per heavy atom. The van der Waals surface area contributed by atoms with E-state index in [9.17, 15) is 0 Å². The molecule has 146 valence electrons. The lowest BCUT2D eigenvalue weighted by atomic mass is 9.84. The van der Waals surface area contributed by atoms with Crippen LogP contribution >= 0.6 is 0 Å². The molecule has 1 heterocycles. The van der Waals surface area contributed by atoms with Gasteiger partial charge in [0.25, 0.3) is 0 Å². The number of aromatic nitrogens is 3. The number of likely N-dealkylation sites (N-methyl/N-ethyl adjacent to an activating group) is 1. The molecule has 1 fully saturated rings. The number of nitrogens with zero attached hydrogens (tertiary/aromatic N) is 4. The first-order chi connectivity index (χ1) is 13.7. The van der Waals surface area contributed by atoms with Crippen molar-refractivity contribution in [2.24, 2.45) is 0 Å². The summed E-state index contributed by atoms with van der Waals surface area (Å²) in [5.74, 6) is 2.57. The molecule has 0 aliphatic heterocycles. The molecule has 1 aromatic heterocycles. The Labute approximate surface area is 168 Å². The molecule has 1 aliphatic carbocycles. The summed E-state index contributed by atoms with van der Waals surface area (Å²) < 4.78 is 2.25. The molecule has 4 heteroatoms. The predicted molar refractivity (Wildman–Crippen MR) is 114 cm³/mol. The average Bonchev–Trinajstić information content (AvgIpc) is 3.15. The molecule has 0 N–H and O–H groups in total. The summed E-state index contributed by atoms with van der Waals surface area (Å²) in [5, 5.41) is 9.01. The fourth-order valence-electron chi connectivity index (χ4n) is 4.47. The van der Waals surface area contributed by atoms with E-state index < -0.39 is 0 Å². The first-order valence-electron chi connectivity index (χ1n) is 10.4. The number of aryl methyl sites for hydroxylation is 1. The summed E-state index contributed by atoms with van der Waals surface area (Å²) in [6.07, 6.45) is 6.01. The quantitative estimate of drug-likeness (QED) is 0.623. The normalized spacial score (nSPS) is 19.8. The minimum absolute atomic E-state index is 0.472. The van der Waals surface area contributed by atoms with Gasteiger partial charge in [-0.25, -0.2) is 0 Å². The molecule has 2 aromatic carbocycles. The van der Waals surface area contributed by atoms with Crippen LogP contribution in [0.2, 0.25) is 0 Å². The highest BCUT2D eigenvalue weighted by molar-refractivity contribution is 5.34. The third kappa shape index (κ3) is 4.17. The van der Waals surface area contributed by atoms with Crippen molar-refractivity contribution in [3.63, 3.8) is 0 Å². The highest BCUT2D eigenvalue weighted by atomic mass is 15.3. The van der Waals surface area contributed by atoms with Gasteiger partial charge in [-0.15, -0.1) is 10.2 Å². The summed E-state index contributed by atoms with van der Waals surface area (Å²) in [5.41, 5.74) is 2.58. The van der Waals surface area contributed by atoms with E-state index in [0.29, 0.717) is 12.0 Å². The summed E-state index contributed by atoms with van der Waals surface area (Å²) in [7, 11) is 2.28. The second-order valence-electron chi connectivity index (χ2n) is 8.01. The van der Waals surface area contributed by atoms with Gasteiger partial charge in [-0.05, 0) is 57.4 Å². The number of benzene rings is 2. The molecule has 0 bridgehead atoms.